The molecule has 0 aliphatic heterocycles. The predicted octanol–water partition coefficient (Wildman–Crippen LogP) is 2.17. The first-order chi connectivity index (χ1) is 7.24. The van der Waals surface area contributed by atoms with E-state index < -0.39 is 0 Å². The van der Waals surface area contributed by atoms with Crippen LogP contribution in [0.25, 0.3) is 0 Å². The molecule has 0 unspecified atom stereocenters. The van der Waals surface area contributed by atoms with Crippen LogP contribution in [0.5, 0.6) is 0 Å². The van der Waals surface area contributed by atoms with Crippen molar-refractivity contribution in [1.29, 1.82) is 0 Å². The number of carbonyl (C=O) groups excluding carboxylic acids is 1. The van der Waals surface area contributed by atoms with Gasteiger partial charge in [-0.25, -0.2) is 4.79 Å². The van der Waals surface area contributed by atoms with E-state index in [-0.39, 0.29) is 5.97 Å². The Bertz CT molecular complexity index is 308. The monoisotopic (exact) mass is 226 g/mol. The number of rotatable bonds is 5. The minimum Gasteiger partial charge on any atom is -0.462 e. The summed E-state index contributed by atoms with van der Waals surface area (Å²) in [5.41, 5.74) is 0.546. The molecule has 0 aliphatic rings. The molecule has 0 aromatic heterocycles. The molecule has 1 aromatic rings. The first-order valence-corrected chi connectivity index (χ1v) is 5.14. The third-order valence-electron chi connectivity index (χ3n) is 1.83. The molecule has 0 N–H and O–H groups in total. The second-order valence-electron chi connectivity index (χ2n) is 3.03. The summed E-state index contributed by atoms with van der Waals surface area (Å²) in [6.07, 6.45) is 0.715. The van der Waals surface area contributed by atoms with Crippen molar-refractivity contribution >= 4 is 18.6 Å². The van der Waals surface area contributed by atoms with Crippen molar-refractivity contribution < 1.29 is 14.3 Å². The number of hydrogen-bond acceptors (Lipinski definition) is 4. The lowest BCUT2D eigenvalue weighted by atomic mass is 10.2. The summed E-state index contributed by atoms with van der Waals surface area (Å²) in [4.78, 5) is 12.3. The smallest absolute Gasteiger partial charge is 0.338 e. The van der Waals surface area contributed by atoms with Gasteiger partial charge in [0, 0.05) is 25.0 Å². The van der Waals surface area contributed by atoms with Crippen molar-refractivity contribution in [2.45, 2.75) is 11.3 Å². The molecule has 15 heavy (non-hydrogen) atoms. The van der Waals surface area contributed by atoms with Crippen LogP contribution in [-0.2, 0) is 9.47 Å². The van der Waals surface area contributed by atoms with Gasteiger partial charge in [-0.15, -0.1) is 12.6 Å². The van der Waals surface area contributed by atoms with Gasteiger partial charge in [-0.2, -0.15) is 0 Å². The summed E-state index contributed by atoms with van der Waals surface area (Å²) in [6.45, 7) is 0.984. The molecule has 0 saturated carbocycles. The molecule has 0 heterocycles. The molecule has 0 radical (unpaired) electrons. The zero-order chi connectivity index (χ0) is 11.1. The highest BCUT2D eigenvalue weighted by Crippen LogP contribution is 2.08. The van der Waals surface area contributed by atoms with Crippen LogP contribution >= 0.6 is 12.6 Å². The Kier molecular flexibility index (Phi) is 5.21. The van der Waals surface area contributed by atoms with Gasteiger partial charge in [-0.05, 0) is 24.3 Å². The molecule has 82 valence electrons. The Morgan fingerprint density at radius 2 is 1.93 bits per heavy atom. The number of methoxy groups -OCH3 is 1. The number of benzene rings is 1. The van der Waals surface area contributed by atoms with Crippen molar-refractivity contribution in [2.75, 3.05) is 20.3 Å². The fourth-order valence-electron chi connectivity index (χ4n) is 1.05. The molecule has 0 amide bonds. The molecule has 0 spiro atoms. The van der Waals surface area contributed by atoms with Crippen LogP contribution in [-0.4, -0.2) is 26.3 Å². The Labute approximate surface area is 94.8 Å². The molecule has 1 rings (SSSR count). The van der Waals surface area contributed by atoms with Gasteiger partial charge in [0.1, 0.15) is 0 Å². The highest BCUT2D eigenvalue weighted by Gasteiger charge is 2.05. The van der Waals surface area contributed by atoms with E-state index >= 15 is 0 Å². The molecule has 0 fully saturated rings. The van der Waals surface area contributed by atoms with E-state index in [1.807, 2.05) is 0 Å². The lowest BCUT2D eigenvalue weighted by molar-refractivity contribution is 0.0468. The lowest BCUT2D eigenvalue weighted by Crippen LogP contribution is -2.07. The Morgan fingerprint density at radius 1 is 1.27 bits per heavy atom. The first-order valence-electron chi connectivity index (χ1n) is 4.69. The van der Waals surface area contributed by atoms with E-state index in [0.29, 0.717) is 25.2 Å². The standard InChI is InChI=1S/C11H14O3S/c1-13-7-2-8-14-11(12)9-3-5-10(15)6-4-9/h3-6,15H,2,7-8H2,1H3. The minimum atomic E-state index is -0.306. The molecule has 3 nitrogen and oxygen atoms in total. The third kappa shape index (κ3) is 4.36. The van der Waals surface area contributed by atoms with Crippen LogP contribution in [0.3, 0.4) is 0 Å². The predicted molar refractivity (Wildman–Crippen MR) is 60.5 cm³/mol. The van der Waals surface area contributed by atoms with Crippen LogP contribution < -0.4 is 0 Å². The highest BCUT2D eigenvalue weighted by atomic mass is 32.1. The average molecular weight is 226 g/mol. The molecule has 0 bridgehead atoms. The maximum atomic E-state index is 11.4. The second-order valence-corrected chi connectivity index (χ2v) is 3.55. The van der Waals surface area contributed by atoms with Gasteiger partial charge in [0.05, 0.1) is 12.2 Å². The molecule has 0 saturated heterocycles. The molecule has 0 aliphatic carbocycles. The molecular formula is C11H14O3S. The number of hydrogen-bond donors (Lipinski definition) is 1. The van der Waals surface area contributed by atoms with Crippen LogP contribution in [0.15, 0.2) is 29.2 Å². The first kappa shape index (κ1) is 12.1. The Balaban J connectivity index is 2.37. The SMILES string of the molecule is COCCCOC(=O)c1ccc(S)cc1. The summed E-state index contributed by atoms with van der Waals surface area (Å²) in [7, 11) is 1.62. The molecule has 4 heteroatoms. The minimum absolute atomic E-state index is 0.306. The van der Waals surface area contributed by atoms with Crippen molar-refractivity contribution in [3.63, 3.8) is 0 Å². The number of esters is 1. The molecular weight excluding hydrogens is 212 g/mol. The summed E-state index contributed by atoms with van der Waals surface area (Å²) in [5.74, 6) is -0.306. The van der Waals surface area contributed by atoms with Gasteiger partial charge in [0.15, 0.2) is 0 Å². The maximum Gasteiger partial charge on any atom is 0.338 e. The zero-order valence-corrected chi connectivity index (χ0v) is 9.50. The van der Waals surface area contributed by atoms with Gasteiger partial charge in [-0.3, -0.25) is 0 Å². The quantitative estimate of drug-likeness (QED) is 0.475. The van der Waals surface area contributed by atoms with E-state index in [1.165, 1.54) is 0 Å². The largest absolute Gasteiger partial charge is 0.462 e. The molecule has 0 atom stereocenters. The van der Waals surface area contributed by atoms with Crippen LogP contribution in [0.2, 0.25) is 0 Å². The van der Waals surface area contributed by atoms with Crippen LogP contribution in [0.1, 0.15) is 16.8 Å². The average Bonchev–Trinajstić information content (AvgIpc) is 2.25. The van der Waals surface area contributed by atoms with Crippen molar-refractivity contribution in [3.8, 4) is 0 Å². The summed E-state index contributed by atoms with van der Waals surface area (Å²) >= 11 is 4.13. The summed E-state index contributed by atoms with van der Waals surface area (Å²) in [5, 5.41) is 0. The van der Waals surface area contributed by atoms with Crippen molar-refractivity contribution in [2.24, 2.45) is 0 Å². The van der Waals surface area contributed by atoms with Crippen LogP contribution in [0.4, 0.5) is 0 Å². The maximum absolute atomic E-state index is 11.4. The van der Waals surface area contributed by atoms with E-state index in [2.05, 4.69) is 12.6 Å². The van der Waals surface area contributed by atoms with Crippen molar-refractivity contribution in [3.05, 3.63) is 29.8 Å². The van der Waals surface area contributed by atoms with E-state index in [1.54, 1.807) is 31.4 Å². The van der Waals surface area contributed by atoms with Crippen LogP contribution in [0, 0.1) is 0 Å². The zero-order valence-electron chi connectivity index (χ0n) is 8.60. The fraction of sp³-hybridized carbons (Fsp3) is 0.364. The van der Waals surface area contributed by atoms with E-state index in [0.717, 1.165) is 4.90 Å². The Morgan fingerprint density at radius 3 is 2.53 bits per heavy atom. The summed E-state index contributed by atoms with van der Waals surface area (Å²) in [6, 6.07) is 6.91. The second kappa shape index (κ2) is 6.48. The highest BCUT2D eigenvalue weighted by molar-refractivity contribution is 7.80. The summed E-state index contributed by atoms with van der Waals surface area (Å²) < 4.78 is 9.87. The normalized spacial score (nSPS) is 10.0. The van der Waals surface area contributed by atoms with Crippen molar-refractivity contribution in [1.82, 2.24) is 0 Å². The van der Waals surface area contributed by atoms with E-state index in [9.17, 15) is 4.79 Å². The van der Waals surface area contributed by atoms with Gasteiger partial charge in [0.25, 0.3) is 0 Å². The number of carbonyl (C=O) groups is 1. The van der Waals surface area contributed by atoms with Gasteiger partial charge < -0.3 is 9.47 Å². The lowest BCUT2D eigenvalue weighted by Gasteiger charge is -2.04. The van der Waals surface area contributed by atoms with Gasteiger partial charge in [0.2, 0.25) is 0 Å². The van der Waals surface area contributed by atoms with Gasteiger partial charge in [-0.1, -0.05) is 0 Å². The molecule has 1 aromatic carbocycles. The topological polar surface area (TPSA) is 35.5 Å². The fourth-order valence-corrected chi connectivity index (χ4v) is 1.20. The third-order valence-corrected chi connectivity index (χ3v) is 2.13. The Hall–Kier alpha value is -1.00. The number of ether oxygens (including phenoxy) is 2. The number of thiol groups is 1. The van der Waals surface area contributed by atoms with Gasteiger partial charge >= 0.3 is 5.97 Å². The van der Waals surface area contributed by atoms with E-state index in [4.69, 9.17) is 9.47 Å².